The summed E-state index contributed by atoms with van der Waals surface area (Å²) in [6.45, 7) is 2.76. The van der Waals surface area contributed by atoms with Crippen molar-refractivity contribution in [3.63, 3.8) is 0 Å². The van der Waals surface area contributed by atoms with Gasteiger partial charge in [-0.05, 0) is 50.6 Å². The van der Waals surface area contributed by atoms with Gasteiger partial charge >= 0.3 is 0 Å². The topological polar surface area (TPSA) is 88.0 Å². The molecule has 2 amide bonds. The van der Waals surface area contributed by atoms with E-state index in [1.54, 1.807) is 48.3 Å². The van der Waals surface area contributed by atoms with E-state index < -0.39 is 6.04 Å². The number of hydrogen-bond donors (Lipinski definition) is 3. The Kier molecular flexibility index (Phi) is 7.17. The van der Waals surface area contributed by atoms with Gasteiger partial charge in [0.1, 0.15) is 6.04 Å². The van der Waals surface area contributed by atoms with Crippen LogP contribution in [-0.2, 0) is 9.59 Å². The summed E-state index contributed by atoms with van der Waals surface area (Å²) < 4.78 is 1.59. The highest BCUT2D eigenvalue weighted by molar-refractivity contribution is 5.95. The standard InChI is InChI=1S/C18H23N5O2.ClH/c1-13(23-10-4-9-20-23)18(25)22-16-6-2-5-15(11-16)21-17(24)12-14-7-3-8-19-14;/h2,4-6,9-11,13-14,19H,3,7-8,12H2,1H3,(H,21,24)(H,22,25);1H. The van der Waals surface area contributed by atoms with Crippen LogP contribution >= 0.6 is 12.4 Å². The minimum Gasteiger partial charge on any atom is -0.326 e. The zero-order valence-electron chi connectivity index (χ0n) is 14.6. The second-order valence-corrected chi connectivity index (χ2v) is 6.28. The smallest absolute Gasteiger partial charge is 0.248 e. The number of nitrogens with one attached hydrogen (secondary N) is 3. The van der Waals surface area contributed by atoms with Crippen LogP contribution in [0.3, 0.4) is 0 Å². The van der Waals surface area contributed by atoms with Gasteiger partial charge in [0.25, 0.3) is 0 Å². The molecule has 0 saturated carbocycles. The molecule has 1 saturated heterocycles. The summed E-state index contributed by atoms with van der Waals surface area (Å²) in [5.41, 5.74) is 1.31. The van der Waals surface area contributed by atoms with Crippen molar-refractivity contribution in [1.29, 1.82) is 0 Å². The molecular formula is C18H24ClN5O2. The van der Waals surface area contributed by atoms with Crippen molar-refractivity contribution in [3.05, 3.63) is 42.7 Å². The van der Waals surface area contributed by atoms with Crippen LogP contribution in [0.15, 0.2) is 42.7 Å². The quantitative estimate of drug-likeness (QED) is 0.722. The Morgan fingerprint density at radius 3 is 2.73 bits per heavy atom. The number of halogens is 1. The SMILES string of the molecule is CC(C(=O)Nc1cccc(NC(=O)CC2CCCN2)c1)n1cccn1.Cl. The molecule has 26 heavy (non-hydrogen) atoms. The van der Waals surface area contributed by atoms with Gasteiger partial charge in [-0.2, -0.15) is 5.10 Å². The van der Waals surface area contributed by atoms with Crippen molar-refractivity contribution in [1.82, 2.24) is 15.1 Å². The average molecular weight is 378 g/mol. The first kappa shape index (κ1) is 19.9. The summed E-state index contributed by atoms with van der Waals surface area (Å²) in [7, 11) is 0. The Morgan fingerprint density at radius 2 is 2.08 bits per heavy atom. The Hall–Kier alpha value is -2.38. The Bertz CT molecular complexity index is 729. The number of hydrogen-bond acceptors (Lipinski definition) is 4. The molecule has 1 aliphatic rings. The first-order chi connectivity index (χ1) is 12.1. The van der Waals surface area contributed by atoms with Gasteiger partial charge < -0.3 is 16.0 Å². The minimum atomic E-state index is -0.415. The summed E-state index contributed by atoms with van der Waals surface area (Å²) in [6, 6.07) is 8.79. The van der Waals surface area contributed by atoms with Crippen LogP contribution < -0.4 is 16.0 Å². The highest BCUT2D eigenvalue weighted by atomic mass is 35.5. The van der Waals surface area contributed by atoms with Crippen LogP contribution in [0, 0.1) is 0 Å². The van der Waals surface area contributed by atoms with Crippen molar-refractivity contribution in [3.8, 4) is 0 Å². The zero-order chi connectivity index (χ0) is 17.6. The maximum absolute atomic E-state index is 12.3. The molecule has 2 unspecified atom stereocenters. The lowest BCUT2D eigenvalue weighted by Gasteiger charge is -2.14. The largest absolute Gasteiger partial charge is 0.326 e. The third-order valence-electron chi connectivity index (χ3n) is 4.31. The van der Waals surface area contributed by atoms with Crippen LogP contribution in [0.5, 0.6) is 0 Å². The van der Waals surface area contributed by atoms with E-state index in [1.807, 2.05) is 6.07 Å². The molecule has 3 rings (SSSR count). The fourth-order valence-corrected chi connectivity index (χ4v) is 2.92. The van der Waals surface area contributed by atoms with Crippen molar-refractivity contribution >= 4 is 35.6 Å². The van der Waals surface area contributed by atoms with E-state index in [-0.39, 0.29) is 30.3 Å². The molecule has 1 fully saturated rings. The number of benzene rings is 1. The maximum Gasteiger partial charge on any atom is 0.248 e. The number of amides is 2. The van der Waals surface area contributed by atoms with Gasteiger partial charge in [-0.25, -0.2) is 0 Å². The molecular weight excluding hydrogens is 354 g/mol. The summed E-state index contributed by atoms with van der Waals surface area (Å²) >= 11 is 0. The summed E-state index contributed by atoms with van der Waals surface area (Å²) in [4.78, 5) is 24.4. The van der Waals surface area contributed by atoms with Gasteiger partial charge in [0.15, 0.2) is 0 Å². The first-order valence-electron chi connectivity index (χ1n) is 8.55. The predicted octanol–water partition coefficient (Wildman–Crippen LogP) is 2.59. The number of carbonyl (C=O) groups excluding carboxylic acids is 2. The summed E-state index contributed by atoms with van der Waals surface area (Å²) in [5, 5.41) is 13.1. The van der Waals surface area contributed by atoms with E-state index in [0.29, 0.717) is 17.8 Å². The lowest BCUT2D eigenvalue weighted by atomic mass is 10.1. The van der Waals surface area contributed by atoms with Gasteiger partial charge in [-0.3, -0.25) is 14.3 Å². The normalized spacial score (nSPS) is 17.2. The summed E-state index contributed by atoms with van der Waals surface area (Å²) in [5.74, 6) is -0.185. The highest BCUT2D eigenvalue weighted by Crippen LogP contribution is 2.18. The molecule has 1 aromatic carbocycles. The van der Waals surface area contributed by atoms with Crippen LogP contribution in [0.1, 0.15) is 32.2 Å². The number of carbonyl (C=O) groups is 2. The van der Waals surface area contributed by atoms with Crippen LogP contribution in [0.4, 0.5) is 11.4 Å². The van der Waals surface area contributed by atoms with Crippen LogP contribution in [0.25, 0.3) is 0 Å². The lowest BCUT2D eigenvalue weighted by Crippen LogP contribution is -2.27. The monoisotopic (exact) mass is 377 g/mol. The fraction of sp³-hybridized carbons (Fsp3) is 0.389. The Morgan fingerprint density at radius 1 is 1.31 bits per heavy atom. The molecule has 0 bridgehead atoms. The number of nitrogens with zero attached hydrogens (tertiary/aromatic N) is 2. The van der Waals surface area contributed by atoms with Gasteiger partial charge in [-0.15, -0.1) is 12.4 Å². The van der Waals surface area contributed by atoms with E-state index in [9.17, 15) is 9.59 Å². The molecule has 2 heterocycles. The van der Waals surface area contributed by atoms with E-state index in [4.69, 9.17) is 0 Å². The maximum atomic E-state index is 12.3. The average Bonchev–Trinajstić information content (AvgIpc) is 3.27. The van der Waals surface area contributed by atoms with Crippen molar-refractivity contribution in [2.75, 3.05) is 17.2 Å². The molecule has 0 aliphatic carbocycles. The molecule has 140 valence electrons. The van der Waals surface area contributed by atoms with E-state index in [0.717, 1.165) is 19.4 Å². The number of anilines is 2. The molecule has 2 aromatic rings. The van der Waals surface area contributed by atoms with Gasteiger partial charge in [0.2, 0.25) is 11.8 Å². The molecule has 0 radical (unpaired) electrons. The Balaban J connectivity index is 0.00000243. The zero-order valence-corrected chi connectivity index (χ0v) is 15.5. The highest BCUT2D eigenvalue weighted by Gasteiger charge is 2.18. The number of aromatic nitrogens is 2. The second-order valence-electron chi connectivity index (χ2n) is 6.28. The molecule has 8 heteroatoms. The molecule has 2 atom stereocenters. The van der Waals surface area contributed by atoms with Gasteiger partial charge in [0.05, 0.1) is 0 Å². The molecule has 1 aliphatic heterocycles. The minimum absolute atomic E-state index is 0. The molecule has 7 nitrogen and oxygen atoms in total. The van der Waals surface area contributed by atoms with E-state index in [2.05, 4.69) is 21.0 Å². The van der Waals surface area contributed by atoms with Crippen LogP contribution in [0.2, 0.25) is 0 Å². The lowest BCUT2D eigenvalue weighted by molar-refractivity contribution is -0.119. The predicted molar refractivity (Wildman–Crippen MR) is 104 cm³/mol. The van der Waals surface area contributed by atoms with Gasteiger partial charge in [-0.1, -0.05) is 6.07 Å². The first-order valence-corrected chi connectivity index (χ1v) is 8.55. The Labute approximate surface area is 159 Å². The van der Waals surface area contributed by atoms with E-state index >= 15 is 0 Å². The molecule has 3 N–H and O–H groups in total. The third kappa shape index (κ3) is 5.31. The second kappa shape index (κ2) is 9.35. The third-order valence-corrected chi connectivity index (χ3v) is 4.31. The van der Waals surface area contributed by atoms with E-state index in [1.165, 1.54) is 0 Å². The summed E-state index contributed by atoms with van der Waals surface area (Å²) in [6.07, 6.45) is 6.01. The number of rotatable bonds is 6. The van der Waals surface area contributed by atoms with Crippen LogP contribution in [-0.4, -0.2) is 34.2 Å². The molecule has 0 spiro atoms. The molecule has 1 aromatic heterocycles. The van der Waals surface area contributed by atoms with Crippen molar-refractivity contribution in [2.45, 2.75) is 38.3 Å². The van der Waals surface area contributed by atoms with Gasteiger partial charge in [0, 0.05) is 36.2 Å². The fourth-order valence-electron chi connectivity index (χ4n) is 2.92. The van der Waals surface area contributed by atoms with Crippen molar-refractivity contribution in [2.24, 2.45) is 0 Å². The van der Waals surface area contributed by atoms with Crippen molar-refractivity contribution < 1.29 is 9.59 Å².